The van der Waals surface area contributed by atoms with Gasteiger partial charge in [-0.3, -0.25) is 4.98 Å². The topological polar surface area (TPSA) is 80.7 Å². The molecule has 2 aromatic rings. The van der Waals surface area contributed by atoms with Crippen LogP contribution in [0.1, 0.15) is 5.56 Å². The van der Waals surface area contributed by atoms with Gasteiger partial charge in [0.15, 0.2) is 5.84 Å². The number of aromatic nitrogens is 1. The van der Waals surface area contributed by atoms with Gasteiger partial charge in [-0.15, -0.1) is 0 Å². The van der Waals surface area contributed by atoms with E-state index in [0.29, 0.717) is 17.1 Å². The summed E-state index contributed by atoms with van der Waals surface area (Å²) in [6, 6.07) is 10.4. The van der Waals surface area contributed by atoms with E-state index in [0.717, 1.165) is 0 Å². The van der Waals surface area contributed by atoms with Crippen LogP contribution in [0.2, 0.25) is 0 Å². The number of ether oxygens (including phenoxy) is 1. The lowest BCUT2D eigenvalue weighted by atomic mass is 10.2. The fourth-order valence-electron chi connectivity index (χ4n) is 1.29. The highest BCUT2D eigenvalue weighted by Gasteiger charge is 2.00. The minimum absolute atomic E-state index is 0.0699. The summed E-state index contributed by atoms with van der Waals surface area (Å²) in [5.41, 5.74) is 6.08. The van der Waals surface area contributed by atoms with Gasteiger partial charge in [0.2, 0.25) is 0 Å². The summed E-state index contributed by atoms with van der Waals surface area (Å²) in [5.74, 6) is 1.45. The maximum Gasteiger partial charge on any atom is 0.170 e. The second-order valence-corrected chi connectivity index (χ2v) is 3.29. The number of hydrogen-bond donors (Lipinski definition) is 2. The highest BCUT2D eigenvalue weighted by atomic mass is 16.5. The number of oxime groups is 1. The molecule has 86 valence electrons. The molecule has 0 atom stereocenters. The molecule has 0 aliphatic rings. The number of hydrogen-bond acceptors (Lipinski definition) is 4. The van der Waals surface area contributed by atoms with Crippen LogP contribution in [0.5, 0.6) is 11.5 Å². The second-order valence-electron chi connectivity index (χ2n) is 3.29. The third kappa shape index (κ3) is 2.72. The summed E-state index contributed by atoms with van der Waals surface area (Å²) >= 11 is 0. The lowest BCUT2D eigenvalue weighted by molar-refractivity contribution is 0.318. The Balaban J connectivity index is 2.14. The van der Waals surface area contributed by atoms with Crippen molar-refractivity contribution in [3.05, 3.63) is 54.4 Å². The number of benzene rings is 1. The first-order valence-corrected chi connectivity index (χ1v) is 4.95. The summed E-state index contributed by atoms with van der Waals surface area (Å²) in [6.07, 6.45) is 3.31. The predicted octanol–water partition coefficient (Wildman–Crippen LogP) is 1.97. The van der Waals surface area contributed by atoms with Crippen LogP contribution >= 0.6 is 0 Å². The largest absolute Gasteiger partial charge is 0.457 e. The first-order valence-electron chi connectivity index (χ1n) is 4.95. The second kappa shape index (κ2) is 4.98. The van der Waals surface area contributed by atoms with Crippen molar-refractivity contribution >= 4 is 5.84 Å². The normalized spacial score (nSPS) is 11.2. The number of nitrogens with zero attached hydrogens (tertiary/aromatic N) is 2. The minimum atomic E-state index is 0.0699. The zero-order valence-corrected chi connectivity index (χ0v) is 8.95. The molecule has 0 aliphatic heterocycles. The molecule has 0 aliphatic carbocycles. The van der Waals surface area contributed by atoms with E-state index < -0.39 is 0 Å². The lowest BCUT2D eigenvalue weighted by Crippen LogP contribution is -2.12. The zero-order valence-electron chi connectivity index (χ0n) is 8.95. The van der Waals surface area contributed by atoms with Gasteiger partial charge in [-0.05, 0) is 36.4 Å². The van der Waals surface area contributed by atoms with E-state index in [1.807, 2.05) is 0 Å². The summed E-state index contributed by atoms with van der Waals surface area (Å²) in [4.78, 5) is 3.90. The van der Waals surface area contributed by atoms with E-state index in [2.05, 4.69) is 10.1 Å². The molecule has 1 heterocycles. The SMILES string of the molecule is N/C(=N/O)c1ccc(Oc2ccncc2)cc1. The average molecular weight is 229 g/mol. The summed E-state index contributed by atoms with van der Waals surface area (Å²) in [5, 5.41) is 11.4. The number of nitrogens with two attached hydrogens (primary N) is 1. The van der Waals surface area contributed by atoms with Crippen LogP contribution in [0.3, 0.4) is 0 Å². The van der Waals surface area contributed by atoms with Crippen LogP contribution in [-0.2, 0) is 0 Å². The Bertz CT molecular complexity index is 509. The van der Waals surface area contributed by atoms with Gasteiger partial charge >= 0.3 is 0 Å². The van der Waals surface area contributed by atoms with Gasteiger partial charge in [-0.25, -0.2) is 0 Å². The molecule has 0 radical (unpaired) electrons. The van der Waals surface area contributed by atoms with E-state index in [1.165, 1.54) is 0 Å². The van der Waals surface area contributed by atoms with Crippen LogP contribution in [-0.4, -0.2) is 16.0 Å². The Morgan fingerprint density at radius 3 is 2.24 bits per heavy atom. The zero-order chi connectivity index (χ0) is 12.1. The molecule has 3 N–H and O–H groups in total. The molecule has 0 fully saturated rings. The Morgan fingerprint density at radius 1 is 1.06 bits per heavy atom. The van der Waals surface area contributed by atoms with Gasteiger partial charge in [0.25, 0.3) is 0 Å². The van der Waals surface area contributed by atoms with E-state index in [4.69, 9.17) is 15.7 Å². The molecule has 1 aromatic carbocycles. The monoisotopic (exact) mass is 229 g/mol. The fourth-order valence-corrected chi connectivity index (χ4v) is 1.29. The molecular formula is C12H11N3O2. The van der Waals surface area contributed by atoms with Crippen molar-refractivity contribution in [1.29, 1.82) is 0 Å². The average Bonchev–Trinajstić information content (AvgIpc) is 2.40. The molecule has 0 amide bonds. The fraction of sp³-hybridized carbons (Fsp3) is 0. The van der Waals surface area contributed by atoms with Crippen molar-refractivity contribution in [1.82, 2.24) is 4.98 Å². The Morgan fingerprint density at radius 2 is 1.65 bits per heavy atom. The van der Waals surface area contributed by atoms with Crippen LogP contribution in [0.25, 0.3) is 0 Å². The molecule has 17 heavy (non-hydrogen) atoms. The summed E-state index contributed by atoms with van der Waals surface area (Å²) in [7, 11) is 0. The molecule has 2 rings (SSSR count). The minimum Gasteiger partial charge on any atom is -0.457 e. The van der Waals surface area contributed by atoms with Crippen LogP contribution < -0.4 is 10.5 Å². The highest BCUT2D eigenvalue weighted by molar-refractivity contribution is 5.97. The van der Waals surface area contributed by atoms with Gasteiger partial charge in [-0.1, -0.05) is 5.16 Å². The van der Waals surface area contributed by atoms with Crippen LogP contribution in [0.4, 0.5) is 0 Å². The smallest absolute Gasteiger partial charge is 0.170 e. The highest BCUT2D eigenvalue weighted by Crippen LogP contribution is 2.20. The number of rotatable bonds is 3. The predicted molar refractivity (Wildman–Crippen MR) is 63.3 cm³/mol. The van der Waals surface area contributed by atoms with Crippen molar-refractivity contribution in [3.63, 3.8) is 0 Å². The van der Waals surface area contributed by atoms with Crippen molar-refractivity contribution in [2.75, 3.05) is 0 Å². The Labute approximate surface area is 98.2 Å². The van der Waals surface area contributed by atoms with E-state index in [9.17, 15) is 0 Å². The lowest BCUT2D eigenvalue weighted by Gasteiger charge is -2.05. The molecule has 0 spiro atoms. The summed E-state index contributed by atoms with van der Waals surface area (Å²) in [6.45, 7) is 0. The molecule has 0 bridgehead atoms. The van der Waals surface area contributed by atoms with Gasteiger partial charge < -0.3 is 15.7 Å². The quantitative estimate of drug-likeness (QED) is 0.365. The first kappa shape index (κ1) is 10.9. The molecule has 0 saturated carbocycles. The maximum absolute atomic E-state index is 8.52. The van der Waals surface area contributed by atoms with Gasteiger partial charge in [0, 0.05) is 18.0 Å². The van der Waals surface area contributed by atoms with E-state index in [1.54, 1.807) is 48.8 Å². The van der Waals surface area contributed by atoms with Crippen molar-refractivity contribution in [2.45, 2.75) is 0 Å². The number of amidine groups is 1. The molecule has 5 nitrogen and oxygen atoms in total. The van der Waals surface area contributed by atoms with Gasteiger partial charge in [0.05, 0.1) is 0 Å². The number of pyridine rings is 1. The van der Waals surface area contributed by atoms with Crippen molar-refractivity contribution in [2.24, 2.45) is 10.9 Å². The van der Waals surface area contributed by atoms with Gasteiger partial charge in [-0.2, -0.15) is 0 Å². The van der Waals surface area contributed by atoms with Crippen molar-refractivity contribution in [3.8, 4) is 11.5 Å². The molecule has 0 saturated heterocycles. The first-order chi connectivity index (χ1) is 8.29. The summed E-state index contributed by atoms with van der Waals surface area (Å²) < 4.78 is 5.56. The molecule has 0 unspecified atom stereocenters. The van der Waals surface area contributed by atoms with E-state index >= 15 is 0 Å². The molecule has 5 heteroatoms. The van der Waals surface area contributed by atoms with Crippen molar-refractivity contribution < 1.29 is 9.94 Å². The maximum atomic E-state index is 8.52. The van der Waals surface area contributed by atoms with E-state index in [-0.39, 0.29) is 5.84 Å². The third-order valence-corrected chi connectivity index (χ3v) is 2.14. The third-order valence-electron chi connectivity index (χ3n) is 2.14. The Hall–Kier alpha value is -2.56. The standard InChI is InChI=1S/C12H11N3O2/c13-12(15-16)9-1-3-10(4-2-9)17-11-5-7-14-8-6-11/h1-8,16H,(H2,13,15). The molecule has 1 aromatic heterocycles. The van der Waals surface area contributed by atoms with Gasteiger partial charge in [0.1, 0.15) is 11.5 Å². The van der Waals surface area contributed by atoms with Crippen LogP contribution in [0, 0.1) is 0 Å². The van der Waals surface area contributed by atoms with Crippen LogP contribution in [0.15, 0.2) is 53.9 Å². The molecular weight excluding hydrogens is 218 g/mol. The Kier molecular flexibility index (Phi) is 3.20.